The Morgan fingerprint density at radius 3 is 2.59 bits per heavy atom. The summed E-state index contributed by atoms with van der Waals surface area (Å²) in [5.74, 6) is 3.54. The fourth-order valence-electron chi connectivity index (χ4n) is 8.95. The minimum Gasteiger partial charge on any atom is -0.393 e. The number of aromatic nitrogens is 1. The average Bonchev–Trinajstić information content (AvgIpc) is 3.15. The number of allylic oxidation sites excluding steroid dienone is 1. The van der Waals surface area contributed by atoms with E-state index in [4.69, 9.17) is 0 Å². The highest BCUT2D eigenvalue weighted by atomic mass is 19.4. The molecule has 5 heteroatoms. The molecule has 0 bridgehead atoms. The van der Waals surface area contributed by atoms with Crippen LogP contribution < -0.4 is 0 Å². The molecule has 3 fully saturated rings. The van der Waals surface area contributed by atoms with Gasteiger partial charge in [0.15, 0.2) is 0 Å². The maximum absolute atomic E-state index is 12.8. The molecule has 1 aromatic rings. The van der Waals surface area contributed by atoms with E-state index in [1.165, 1.54) is 43.9 Å². The van der Waals surface area contributed by atoms with Crippen LogP contribution in [0.5, 0.6) is 0 Å². The fraction of sp³-hybridized carbons (Fsp3) is 0.759. The molecule has 4 aliphatic carbocycles. The Bertz CT molecular complexity index is 924. The molecule has 0 aromatic carbocycles. The van der Waals surface area contributed by atoms with E-state index in [0.29, 0.717) is 17.3 Å². The van der Waals surface area contributed by atoms with Crippen LogP contribution in [0.2, 0.25) is 0 Å². The van der Waals surface area contributed by atoms with Crippen LogP contribution >= 0.6 is 0 Å². The van der Waals surface area contributed by atoms with Gasteiger partial charge in [-0.05, 0) is 116 Å². The van der Waals surface area contributed by atoms with Crippen LogP contribution in [-0.2, 0) is 12.6 Å². The third-order valence-corrected chi connectivity index (χ3v) is 10.8. The quantitative estimate of drug-likeness (QED) is 0.455. The summed E-state index contributed by atoms with van der Waals surface area (Å²) >= 11 is 0. The molecule has 4 aliphatic rings. The SMILES string of the molecule is CC(CCc1ccc(C(F)(F)F)nc1)C1CCC2C3CC=C4CC(O)CCC4(C)C3CCC12C. The Kier molecular flexibility index (Phi) is 6.18. The first-order valence-electron chi connectivity index (χ1n) is 13.4. The van der Waals surface area contributed by atoms with Crippen LogP contribution in [0.25, 0.3) is 0 Å². The van der Waals surface area contributed by atoms with Gasteiger partial charge >= 0.3 is 6.18 Å². The zero-order chi connectivity index (χ0) is 24.3. The maximum atomic E-state index is 12.8. The van der Waals surface area contributed by atoms with E-state index in [1.807, 2.05) is 0 Å². The Morgan fingerprint density at radius 2 is 1.88 bits per heavy atom. The number of nitrogens with zero attached hydrogens (tertiary/aromatic N) is 1. The van der Waals surface area contributed by atoms with Crippen molar-refractivity contribution in [3.8, 4) is 0 Å². The van der Waals surface area contributed by atoms with Crippen LogP contribution in [-0.4, -0.2) is 16.2 Å². The van der Waals surface area contributed by atoms with Crippen molar-refractivity contribution >= 4 is 0 Å². The maximum Gasteiger partial charge on any atom is 0.433 e. The Labute approximate surface area is 202 Å². The second-order valence-electron chi connectivity index (χ2n) is 12.4. The number of hydrogen-bond acceptors (Lipinski definition) is 2. The van der Waals surface area contributed by atoms with Gasteiger partial charge in [0.05, 0.1) is 6.10 Å². The van der Waals surface area contributed by atoms with Crippen LogP contribution in [0.4, 0.5) is 13.2 Å². The molecule has 5 rings (SSSR count). The lowest BCUT2D eigenvalue weighted by molar-refractivity contribution is -0.141. The topological polar surface area (TPSA) is 33.1 Å². The summed E-state index contributed by atoms with van der Waals surface area (Å²) in [5, 5.41) is 10.2. The first kappa shape index (κ1) is 24.3. The number of rotatable bonds is 4. The summed E-state index contributed by atoms with van der Waals surface area (Å²) in [4.78, 5) is 3.65. The zero-order valence-corrected chi connectivity index (χ0v) is 20.9. The minimum absolute atomic E-state index is 0.152. The Hall–Kier alpha value is -1.36. The second kappa shape index (κ2) is 8.64. The van der Waals surface area contributed by atoms with Crippen molar-refractivity contribution in [2.75, 3.05) is 0 Å². The summed E-state index contributed by atoms with van der Waals surface area (Å²) in [7, 11) is 0. The van der Waals surface area contributed by atoms with Crippen LogP contribution in [0, 0.1) is 40.4 Å². The monoisotopic (exact) mass is 475 g/mol. The lowest BCUT2D eigenvalue weighted by atomic mass is 9.47. The molecule has 3 saturated carbocycles. The molecule has 0 spiro atoms. The van der Waals surface area contributed by atoms with Gasteiger partial charge in [-0.2, -0.15) is 13.2 Å². The number of aliphatic hydroxyl groups is 1. The molecule has 188 valence electrons. The third kappa shape index (κ3) is 4.04. The average molecular weight is 476 g/mol. The van der Waals surface area contributed by atoms with Crippen molar-refractivity contribution in [2.24, 2.45) is 40.4 Å². The molecular formula is C29H40F3NO. The third-order valence-electron chi connectivity index (χ3n) is 10.8. The first-order valence-corrected chi connectivity index (χ1v) is 13.4. The van der Waals surface area contributed by atoms with E-state index in [2.05, 4.69) is 31.8 Å². The molecule has 1 heterocycles. The number of pyridine rings is 1. The molecule has 8 atom stereocenters. The van der Waals surface area contributed by atoms with Crippen LogP contribution in [0.3, 0.4) is 0 Å². The van der Waals surface area contributed by atoms with Crippen molar-refractivity contribution < 1.29 is 18.3 Å². The molecule has 0 radical (unpaired) electrons. The molecular weight excluding hydrogens is 435 g/mol. The van der Waals surface area contributed by atoms with Gasteiger partial charge in [0.2, 0.25) is 0 Å². The Balaban J connectivity index is 1.26. The van der Waals surface area contributed by atoms with E-state index >= 15 is 0 Å². The van der Waals surface area contributed by atoms with E-state index in [-0.39, 0.29) is 11.5 Å². The van der Waals surface area contributed by atoms with E-state index in [9.17, 15) is 18.3 Å². The van der Waals surface area contributed by atoms with Gasteiger partial charge in [-0.1, -0.05) is 38.5 Å². The molecule has 1 N–H and O–H groups in total. The second-order valence-corrected chi connectivity index (χ2v) is 12.4. The minimum atomic E-state index is -4.37. The van der Waals surface area contributed by atoms with Crippen LogP contribution in [0.1, 0.15) is 89.8 Å². The standard InChI is InChI=1S/C29H40F3NO/c1-18(4-5-19-6-11-26(33-17-19)29(30,31)32)23-9-10-24-22-8-7-20-16-21(34)12-14-27(20,2)25(22)13-15-28(23,24)3/h6-7,11,17-18,21-25,34H,4-5,8-10,12-16H2,1-3H3. The normalized spacial score (nSPS) is 40.7. The number of aryl methyl sites for hydroxylation is 1. The van der Waals surface area contributed by atoms with Gasteiger partial charge in [-0.3, -0.25) is 4.98 Å². The molecule has 1 aromatic heterocycles. The number of aliphatic hydroxyl groups excluding tert-OH is 1. The van der Waals surface area contributed by atoms with Crippen molar-refractivity contribution in [3.05, 3.63) is 41.2 Å². The number of halogens is 3. The Morgan fingerprint density at radius 1 is 1.09 bits per heavy atom. The van der Waals surface area contributed by atoms with Crippen molar-refractivity contribution in [1.29, 1.82) is 0 Å². The van der Waals surface area contributed by atoms with Gasteiger partial charge in [-0.15, -0.1) is 0 Å². The molecule has 0 amide bonds. The molecule has 8 unspecified atom stereocenters. The summed E-state index contributed by atoms with van der Waals surface area (Å²) in [5.41, 5.74) is 2.28. The smallest absolute Gasteiger partial charge is 0.393 e. The predicted molar refractivity (Wildman–Crippen MR) is 128 cm³/mol. The summed E-state index contributed by atoms with van der Waals surface area (Å²) < 4.78 is 38.4. The summed E-state index contributed by atoms with van der Waals surface area (Å²) in [6.45, 7) is 7.40. The van der Waals surface area contributed by atoms with E-state index in [0.717, 1.165) is 61.5 Å². The fourth-order valence-corrected chi connectivity index (χ4v) is 8.95. The highest BCUT2D eigenvalue weighted by molar-refractivity contribution is 5.25. The molecule has 2 nitrogen and oxygen atoms in total. The zero-order valence-electron chi connectivity index (χ0n) is 20.9. The lowest BCUT2D eigenvalue weighted by Crippen LogP contribution is -2.50. The van der Waals surface area contributed by atoms with Crippen LogP contribution in [0.15, 0.2) is 30.0 Å². The number of hydrogen-bond donors (Lipinski definition) is 1. The van der Waals surface area contributed by atoms with Crippen molar-refractivity contribution in [1.82, 2.24) is 4.98 Å². The van der Waals surface area contributed by atoms with Gasteiger partial charge in [0.1, 0.15) is 5.69 Å². The molecule has 0 saturated heterocycles. The highest BCUT2D eigenvalue weighted by Gasteiger charge is 2.59. The molecule has 34 heavy (non-hydrogen) atoms. The van der Waals surface area contributed by atoms with Gasteiger partial charge < -0.3 is 5.11 Å². The largest absolute Gasteiger partial charge is 0.433 e. The van der Waals surface area contributed by atoms with Crippen molar-refractivity contribution in [3.63, 3.8) is 0 Å². The van der Waals surface area contributed by atoms with E-state index < -0.39 is 11.9 Å². The predicted octanol–water partition coefficient (Wildman–Crippen LogP) is 7.61. The number of alkyl halides is 3. The van der Waals surface area contributed by atoms with Gasteiger partial charge in [0, 0.05) is 6.20 Å². The highest BCUT2D eigenvalue weighted by Crippen LogP contribution is 2.67. The van der Waals surface area contributed by atoms with Gasteiger partial charge in [-0.25, -0.2) is 0 Å². The van der Waals surface area contributed by atoms with E-state index in [1.54, 1.807) is 6.07 Å². The molecule has 0 aliphatic heterocycles. The summed E-state index contributed by atoms with van der Waals surface area (Å²) in [6.07, 6.45) is 10.5. The summed E-state index contributed by atoms with van der Waals surface area (Å²) in [6, 6.07) is 2.71. The number of fused-ring (bicyclic) bond motifs is 5. The van der Waals surface area contributed by atoms with Gasteiger partial charge in [0.25, 0.3) is 0 Å². The lowest BCUT2D eigenvalue weighted by Gasteiger charge is -2.58. The first-order chi connectivity index (χ1) is 16.0. The van der Waals surface area contributed by atoms with Crippen molar-refractivity contribution in [2.45, 2.75) is 97.3 Å².